The highest BCUT2D eigenvalue weighted by molar-refractivity contribution is 5.69. The van der Waals surface area contributed by atoms with E-state index in [4.69, 9.17) is 0 Å². The summed E-state index contributed by atoms with van der Waals surface area (Å²) < 4.78 is 0. The van der Waals surface area contributed by atoms with Crippen molar-refractivity contribution >= 4 is 17.5 Å². The van der Waals surface area contributed by atoms with Gasteiger partial charge in [0.25, 0.3) is 11.4 Å². The van der Waals surface area contributed by atoms with Gasteiger partial charge in [-0.1, -0.05) is 0 Å². The molecule has 1 aliphatic heterocycles. The Morgan fingerprint density at radius 2 is 1.74 bits per heavy atom. The normalized spacial score (nSPS) is 12.9. The first-order chi connectivity index (χ1) is 9.08. The van der Waals surface area contributed by atoms with Crippen molar-refractivity contribution in [2.24, 2.45) is 0 Å². The lowest BCUT2D eigenvalue weighted by Crippen LogP contribution is -1.98. The first-order valence-corrected chi connectivity index (χ1v) is 5.31. The highest BCUT2D eigenvalue weighted by Crippen LogP contribution is 2.27. The standard InChI is InChI=1S/C12H9N3O4/c16-14(17)11-2-1-10(12(8-11)15(18)19)7-9-3-5-13-6-4-9/h1-8,13H. The summed E-state index contributed by atoms with van der Waals surface area (Å²) in [6.07, 6.45) is 8.44. The van der Waals surface area contributed by atoms with E-state index in [9.17, 15) is 20.2 Å². The maximum absolute atomic E-state index is 10.9. The molecular weight excluding hydrogens is 250 g/mol. The van der Waals surface area contributed by atoms with E-state index in [-0.39, 0.29) is 11.4 Å². The molecular formula is C12H9N3O4. The predicted octanol–water partition coefficient (Wildman–Crippen LogP) is 2.52. The lowest BCUT2D eigenvalue weighted by molar-refractivity contribution is -0.394. The summed E-state index contributed by atoms with van der Waals surface area (Å²) in [5.41, 5.74) is 0.491. The zero-order valence-electron chi connectivity index (χ0n) is 9.65. The predicted molar refractivity (Wildman–Crippen MR) is 69.1 cm³/mol. The van der Waals surface area contributed by atoms with Crippen LogP contribution >= 0.6 is 0 Å². The van der Waals surface area contributed by atoms with Crippen molar-refractivity contribution in [3.05, 3.63) is 74.1 Å². The molecule has 2 rings (SSSR count). The van der Waals surface area contributed by atoms with Crippen LogP contribution in [0.25, 0.3) is 6.08 Å². The van der Waals surface area contributed by atoms with Gasteiger partial charge in [-0.3, -0.25) is 20.2 Å². The minimum atomic E-state index is -0.658. The van der Waals surface area contributed by atoms with Crippen LogP contribution in [0.4, 0.5) is 11.4 Å². The van der Waals surface area contributed by atoms with E-state index in [1.165, 1.54) is 12.1 Å². The summed E-state index contributed by atoms with van der Waals surface area (Å²) in [4.78, 5) is 20.3. The van der Waals surface area contributed by atoms with Crippen LogP contribution in [0, 0.1) is 20.2 Å². The van der Waals surface area contributed by atoms with Crippen molar-refractivity contribution < 1.29 is 9.85 Å². The highest BCUT2D eigenvalue weighted by atomic mass is 16.6. The Labute approximate surface area is 107 Å². The van der Waals surface area contributed by atoms with Crippen LogP contribution in [-0.4, -0.2) is 9.85 Å². The number of benzene rings is 1. The lowest BCUT2D eigenvalue weighted by Gasteiger charge is -2.03. The quantitative estimate of drug-likeness (QED) is 0.664. The molecule has 0 atom stereocenters. The van der Waals surface area contributed by atoms with Crippen molar-refractivity contribution in [1.29, 1.82) is 0 Å². The molecule has 0 bridgehead atoms. The molecule has 0 saturated carbocycles. The molecule has 1 aliphatic rings. The van der Waals surface area contributed by atoms with E-state index >= 15 is 0 Å². The number of dihydropyridines is 1. The van der Waals surface area contributed by atoms with E-state index in [0.717, 1.165) is 11.6 Å². The number of non-ortho nitro benzene ring substituents is 1. The molecule has 0 radical (unpaired) electrons. The van der Waals surface area contributed by atoms with E-state index < -0.39 is 9.85 Å². The van der Waals surface area contributed by atoms with Crippen molar-refractivity contribution in [2.45, 2.75) is 0 Å². The third-order valence-electron chi connectivity index (χ3n) is 2.49. The fourth-order valence-corrected chi connectivity index (χ4v) is 1.60. The zero-order valence-corrected chi connectivity index (χ0v) is 9.65. The molecule has 1 N–H and O–H groups in total. The van der Waals surface area contributed by atoms with E-state index in [1.807, 2.05) is 0 Å². The molecule has 1 aromatic rings. The van der Waals surface area contributed by atoms with Crippen LogP contribution in [-0.2, 0) is 0 Å². The lowest BCUT2D eigenvalue weighted by atomic mass is 10.1. The summed E-state index contributed by atoms with van der Waals surface area (Å²) in [5.74, 6) is 0. The SMILES string of the molecule is O=[N+]([O-])c1ccc(C=C2C=CNC=C2)c([N+](=O)[O-])c1. The smallest absolute Gasteiger partial charge is 0.283 e. The van der Waals surface area contributed by atoms with Crippen LogP contribution < -0.4 is 5.32 Å². The second-order valence-corrected chi connectivity index (χ2v) is 3.74. The van der Waals surface area contributed by atoms with Crippen LogP contribution in [0.1, 0.15) is 5.56 Å². The van der Waals surface area contributed by atoms with Gasteiger partial charge in [-0.05, 0) is 29.9 Å². The third-order valence-corrected chi connectivity index (χ3v) is 2.49. The summed E-state index contributed by atoms with van der Waals surface area (Å²) in [7, 11) is 0. The zero-order chi connectivity index (χ0) is 13.8. The Morgan fingerprint density at radius 1 is 1.05 bits per heavy atom. The molecule has 7 nitrogen and oxygen atoms in total. The molecule has 96 valence electrons. The number of rotatable bonds is 3. The van der Waals surface area contributed by atoms with Crippen molar-refractivity contribution in [3.8, 4) is 0 Å². The first-order valence-electron chi connectivity index (χ1n) is 5.31. The Hall–Kier alpha value is -2.96. The Kier molecular flexibility index (Phi) is 3.37. The van der Waals surface area contributed by atoms with E-state index in [2.05, 4.69) is 5.32 Å². The number of nitrogens with zero attached hydrogens (tertiary/aromatic N) is 2. The Balaban J connectivity index is 2.48. The Bertz CT molecular complexity index is 618. The maximum atomic E-state index is 10.9. The molecule has 0 aromatic heterocycles. The summed E-state index contributed by atoms with van der Waals surface area (Å²) in [5, 5.41) is 24.4. The van der Waals surface area contributed by atoms with Gasteiger partial charge in [0.05, 0.1) is 21.5 Å². The summed E-state index contributed by atoms with van der Waals surface area (Å²) >= 11 is 0. The van der Waals surface area contributed by atoms with Crippen LogP contribution in [0.5, 0.6) is 0 Å². The van der Waals surface area contributed by atoms with Crippen LogP contribution in [0.15, 0.2) is 48.3 Å². The van der Waals surface area contributed by atoms with E-state index in [0.29, 0.717) is 5.56 Å². The number of hydrogen-bond donors (Lipinski definition) is 1. The molecule has 0 aliphatic carbocycles. The van der Waals surface area contributed by atoms with Gasteiger partial charge in [0.1, 0.15) is 0 Å². The fraction of sp³-hybridized carbons (Fsp3) is 0. The van der Waals surface area contributed by atoms with E-state index in [1.54, 1.807) is 30.6 Å². The third kappa shape index (κ3) is 2.83. The van der Waals surface area contributed by atoms with Gasteiger partial charge in [-0.2, -0.15) is 0 Å². The monoisotopic (exact) mass is 259 g/mol. The maximum Gasteiger partial charge on any atom is 0.283 e. The average Bonchev–Trinajstić information content (AvgIpc) is 2.39. The number of nitro groups is 2. The second-order valence-electron chi connectivity index (χ2n) is 3.74. The molecule has 1 heterocycles. The minimum absolute atomic E-state index is 0.290. The molecule has 0 unspecified atom stereocenters. The van der Waals surface area contributed by atoms with Gasteiger partial charge < -0.3 is 5.32 Å². The van der Waals surface area contributed by atoms with Crippen molar-refractivity contribution in [3.63, 3.8) is 0 Å². The molecule has 0 fully saturated rings. The molecule has 0 spiro atoms. The highest BCUT2D eigenvalue weighted by Gasteiger charge is 2.18. The minimum Gasteiger partial charge on any atom is -0.368 e. The molecule has 0 amide bonds. The second kappa shape index (κ2) is 5.13. The average molecular weight is 259 g/mol. The van der Waals surface area contributed by atoms with Gasteiger partial charge in [0.15, 0.2) is 0 Å². The Morgan fingerprint density at radius 3 is 2.32 bits per heavy atom. The van der Waals surface area contributed by atoms with Gasteiger partial charge in [0, 0.05) is 18.5 Å². The van der Waals surface area contributed by atoms with Gasteiger partial charge >= 0.3 is 0 Å². The molecule has 0 saturated heterocycles. The largest absolute Gasteiger partial charge is 0.368 e. The topological polar surface area (TPSA) is 98.3 Å². The molecule has 1 aromatic carbocycles. The number of allylic oxidation sites excluding steroid dienone is 3. The van der Waals surface area contributed by atoms with Crippen molar-refractivity contribution in [2.75, 3.05) is 0 Å². The van der Waals surface area contributed by atoms with Gasteiger partial charge in [-0.25, -0.2) is 0 Å². The molecule has 19 heavy (non-hydrogen) atoms. The molecule has 7 heteroatoms. The first kappa shape index (κ1) is 12.5. The van der Waals surface area contributed by atoms with Gasteiger partial charge in [-0.15, -0.1) is 0 Å². The number of nitro benzene ring substituents is 2. The fourth-order valence-electron chi connectivity index (χ4n) is 1.60. The van der Waals surface area contributed by atoms with Gasteiger partial charge in [0.2, 0.25) is 0 Å². The summed E-state index contributed by atoms with van der Waals surface area (Å²) in [6.45, 7) is 0. The van der Waals surface area contributed by atoms with Crippen LogP contribution in [0.3, 0.4) is 0 Å². The van der Waals surface area contributed by atoms with Crippen molar-refractivity contribution in [1.82, 2.24) is 5.32 Å². The number of nitrogens with one attached hydrogen (secondary N) is 1. The summed E-state index contributed by atoms with van der Waals surface area (Å²) in [6, 6.07) is 3.57. The van der Waals surface area contributed by atoms with Crippen LogP contribution in [0.2, 0.25) is 0 Å². The number of hydrogen-bond acceptors (Lipinski definition) is 5.